The van der Waals surface area contributed by atoms with Gasteiger partial charge in [0.2, 0.25) is 0 Å². The summed E-state index contributed by atoms with van der Waals surface area (Å²) in [6, 6.07) is 0. The van der Waals surface area contributed by atoms with Crippen molar-refractivity contribution in [3.63, 3.8) is 0 Å². The highest BCUT2D eigenvalue weighted by atomic mass is 16.3. The first kappa shape index (κ1) is 5.72. The minimum Gasteiger partial charge on any atom is -0.384 e. The lowest BCUT2D eigenvalue weighted by molar-refractivity contribution is -0.123. The molecule has 1 heterocycles. The summed E-state index contributed by atoms with van der Waals surface area (Å²) in [6.45, 7) is 0.903. The number of nitrogens with zero attached hydrogens (tertiary/aromatic N) is 1. The van der Waals surface area contributed by atoms with E-state index in [4.69, 9.17) is 5.11 Å². The lowest BCUT2D eigenvalue weighted by Crippen LogP contribution is -2.17. The van der Waals surface area contributed by atoms with E-state index in [1.54, 1.807) is 4.90 Å². The monoisotopic (exact) mass is 115 g/mol. The Balaban J connectivity index is 2.51. The Labute approximate surface area is 47.9 Å². The van der Waals surface area contributed by atoms with Gasteiger partial charge in [-0.05, 0) is 7.05 Å². The molecule has 3 nitrogen and oxygen atoms in total. The molecule has 8 heavy (non-hydrogen) atoms. The number of hydrogen-bond donors (Lipinski definition) is 1. The summed E-state index contributed by atoms with van der Waals surface area (Å²) in [5.74, 6) is -0.0625. The van der Waals surface area contributed by atoms with Gasteiger partial charge in [-0.1, -0.05) is 0 Å². The maximum atomic E-state index is 10.5. The third kappa shape index (κ3) is 0.877. The molecule has 1 saturated heterocycles. The van der Waals surface area contributed by atoms with Crippen molar-refractivity contribution >= 4 is 5.78 Å². The topological polar surface area (TPSA) is 40.5 Å². The van der Waals surface area contributed by atoms with Crippen molar-refractivity contribution in [3.8, 4) is 0 Å². The summed E-state index contributed by atoms with van der Waals surface area (Å²) >= 11 is 0. The van der Waals surface area contributed by atoms with Gasteiger partial charge >= 0.3 is 0 Å². The summed E-state index contributed by atoms with van der Waals surface area (Å²) in [5, 5.41) is 8.78. The van der Waals surface area contributed by atoms with E-state index in [1.165, 1.54) is 0 Å². The molecule has 1 fully saturated rings. The molecule has 0 aromatic heterocycles. The van der Waals surface area contributed by atoms with Crippen LogP contribution in [0.5, 0.6) is 0 Å². The summed E-state index contributed by atoms with van der Waals surface area (Å²) in [6.07, 6.45) is -0.722. The standard InChI is InChI=1S/C5H9NO2/c1-6-2-4(7)5(8)3-6/h4,7H,2-3H2,1H3/t4-/m1/s1. The number of Topliss-reactive ketones (excluding diaryl/α,β-unsaturated/α-hetero) is 1. The second-order valence-electron chi connectivity index (χ2n) is 2.18. The number of carbonyl (C=O) groups is 1. The first-order valence-electron chi connectivity index (χ1n) is 2.59. The van der Waals surface area contributed by atoms with Crippen LogP contribution in [0.2, 0.25) is 0 Å². The van der Waals surface area contributed by atoms with Gasteiger partial charge in [0.15, 0.2) is 5.78 Å². The SMILES string of the molecule is CN1CC(=O)[C@H](O)C1. The summed E-state index contributed by atoms with van der Waals surface area (Å²) in [4.78, 5) is 12.3. The molecule has 1 atom stereocenters. The van der Waals surface area contributed by atoms with Gasteiger partial charge in [0, 0.05) is 6.54 Å². The Bertz CT molecular complexity index is 113. The quantitative estimate of drug-likeness (QED) is 0.434. The van der Waals surface area contributed by atoms with Crippen molar-refractivity contribution in [1.82, 2.24) is 4.90 Å². The first-order chi connectivity index (χ1) is 3.70. The van der Waals surface area contributed by atoms with E-state index in [1.807, 2.05) is 7.05 Å². The summed E-state index contributed by atoms with van der Waals surface area (Å²) in [7, 11) is 1.81. The maximum Gasteiger partial charge on any atom is 0.176 e. The first-order valence-corrected chi connectivity index (χ1v) is 2.59. The number of likely N-dealkylation sites (N-methyl/N-ethyl adjacent to an activating group) is 1. The highest BCUT2D eigenvalue weighted by Gasteiger charge is 2.25. The number of aliphatic hydroxyl groups is 1. The number of aliphatic hydroxyl groups excluding tert-OH is 1. The maximum absolute atomic E-state index is 10.5. The molecule has 1 N–H and O–H groups in total. The van der Waals surface area contributed by atoms with E-state index in [0.29, 0.717) is 13.1 Å². The predicted octanol–water partition coefficient (Wildman–Crippen LogP) is -1.14. The van der Waals surface area contributed by atoms with Crippen LogP contribution in [0.3, 0.4) is 0 Å². The van der Waals surface area contributed by atoms with Crippen LogP contribution in [-0.4, -0.2) is 42.0 Å². The van der Waals surface area contributed by atoms with E-state index in [2.05, 4.69) is 0 Å². The third-order valence-electron chi connectivity index (χ3n) is 1.28. The van der Waals surface area contributed by atoms with Gasteiger partial charge in [-0.25, -0.2) is 0 Å². The van der Waals surface area contributed by atoms with Gasteiger partial charge in [-0.3, -0.25) is 9.69 Å². The number of ketones is 1. The molecule has 46 valence electrons. The van der Waals surface area contributed by atoms with Crippen molar-refractivity contribution in [2.75, 3.05) is 20.1 Å². The van der Waals surface area contributed by atoms with Crippen molar-refractivity contribution in [2.24, 2.45) is 0 Å². The summed E-state index contributed by atoms with van der Waals surface area (Å²) in [5.41, 5.74) is 0. The van der Waals surface area contributed by atoms with Gasteiger partial charge in [0.25, 0.3) is 0 Å². The van der Waals surface area contributed by atoms with Gasteiger partial charge in [-0.2, -0.15) is 0 Å². The van der Waals surface area contributed by atoms with Crippen molar-refractivity contribution in [2.45, 2.75) is 6.10 Å². The molecule has 0 amide bonds. The zero-order valence-corrected chi connectivity index (χ0v) is 4.79. The Kier molecular flexibility index (Phi) is 1.31. The average Bonchev–Trinajstić information content (AvgIpc) is 1.85. The van der Waals surface area contributed by atoms with E-state index in [0.717, 1.165) is 0 Å². The molecule has 3 heteroatoms. The molecule has 0 radical (unpaired) electrons. The van der Waals surface area contributed by atoms with Gasteiger partial charge in [-0.15, -0.1) is 0 Å². The van der Waals surface area contributed by atoms with E-state index < -0.39 is 6.10 Å². The third-order valence-corrected chi connectivity index (χ3v) is 1.28. The lowest BCUT2D eigenvalue weighted by atomic mass is 10.3. The largest absolute Gasteiger partial charge is 0.384 e. The molecule has 1 aliphatic rings. The molecule has 0 bridgehead atoms. The van der Waals surface area contributed by atoms with Crippen LogP contribution in [0.25, 0.3) is 0 Å². The predicted molar refractivity (Wildman–Crippen MR) is 28.5 cm³/mol. The average molecular weight is 115 g/mol. The molecular formula is C5H9NO2. The van der Waals surface area contributed by atoms with Crippen LogP contribution in [0.4, 0.5) is 0 Å². The number of hydrogen-bond acceptors (Lipinski definition) is 3. The lowest BCUT2D eigenvalue weighted by Gasteiger charge is -2.01. The van der Waals surface area contributed by atoms with Crippen LogP contribution in [0.1, 0.15) is 0 Å². The number of likely N-dealkylation sites (tertiary alicyclic amines) is 1. The fourth-order valence-corrected chi connectivity index (χ4v) is 0.833. The number of β-amino-alcohol motifs (C(OH)–C–C–N with tert-alkyl or cyclic N) is 1. The van der Waals surface area contributed by atoms with Crippen molar-refractivity contribution in [1.29, 1.82) is 0 Å². The molecule has 0 unspecified atom stereocenters. The van der Waals surface area contributed by atoms with Gasteiger partial charge < -0.3 is 5.11 Å². The highest BCUT2D eigenvalue weighted by molar-refractivity contribution is 5.86. The van der Waals surface area contributed by atoms with Crippen molar-refractivity contribution in [3.05, 3.63) is 0 Å². The Morgan fingerprint density at radius 3 is 2.62 bits per heavy atom. The highest BCUT2D eigenvalue weighted by Crippen LogP contribution is 2.00. The normalized spacial score (nSPS) is 31.8. The summed E-state index contributed by atoms with van der Waals surface area (Å²) < 4.78 is 0. The van der Waals surface area contributed by atoms with Crippen LogP contribution in [-0.2, 0) is 4.79 Å². The van der Waals surface area contributed by atoms with Crippen LogP contribution < -0.4 is 0 Å². The van der Waals surface area contributed by atoms with Crippen LogP contribution in [0.15, 0.2) is 0 Å². The minimum absolute atomic E-state index is 0.0625. The Hall–Kier alpha value is -0.410. The molecule has 0 aromatic carbocycles. The van der Waals surface area contributed by atoms with Crippen LogP contribution >= 0.6 is 0 Å². The van der Waals surface area contributed by atoms with E-state index >= 15 is 0 Å². The zero-order valence-electron chi connectivity index (χ0n) is 4.79. The molecule has 0 aliphatic carbocycles. The smallest absolute Gasteiger partial charge is 0.176 e. The second-order valence-corrected chi connectivity index (χ2v) is 2.18. The van der Waals surface area contributed by atoms with Gasteiger partial charge in [0.1, 0.15) is 6.10 Å². The fraction of sp³-hybridized carbons (Fsp3) is 0.800. The van der Waals surface area contributed by atoms with E-state index in [-0.39, 0.29) is 5.78 Å². The number of carbonyl (C=O) groups excluding carboxylic acids is 1. The molecule has 1 aliphatic heterocycles. The second kappa shape index (κ2) is 1.84. The Morgan fingerprint density at radius 2 is 2.50 bits per heavy atom. The molecule has 0 saturated carbocycles. The van der Waals surface area contributed by atoms with Crippen molar-refractivity contribution < 1.29 is 9.90 Å². The molecule has 0 aromatic rings. The van der Waals surface area contributed by atoms with Gasteiger partial charge in [0.05, 0.1) is 6.54 Å². The van der Waals surface area contributed by atoms with Crippen LogP contribution in [0, 0.1) is 0 Å². The number of rotatable bonds is 0. The molecular weight excluding hydrogens is 106 g/mol. The minimum atomic E-state index is -0.722. The zero-order chi connectivity index (χ0) is 6.15. The molecule has 0 spiro atoms. The molecule has 1 rings (SSSR count). The van der Waals surface area contributed by atoms with E-state index in [9.17, 15) is 4.79 Å². The fourth-order valence-electron chi connectivity index (χ4n) is 0.833. The Morgan fingerprint density at radius 1 is 1.88 bits per heavy atom.